The van der Waals surface area contributed by atoms with Crippen LogP contribution in [-0.2, 0) is 14.8 Å². The minimum Gasteiger partial charge on any atom is -0.325 e. The Labute approximate surface area is 196 Å². The van der Waals surface area contributed by atoms with Gasteiger partial charge in [0.05, 0.1) is 16.3 Å². The third-order valence-electron chi connectivity index (χ3n) is 5.01. The lowest BCUT2D eigenvalue weighted by Crippen LogP contribution is -2.35. The molecule has 1 amide bonds. The Morgan fingerprint density at radius 2 is 1.88 bits per heavy atom. The first-order valence-corrected chi connectivity index (χ1v) is 12.9. The van der Waals surface area contributed by atoms with Gasteiger partial charge in [0, 0.05) is 23.8 Å². The lowest BCUT2D eigenvalue weighted by molar-refractivity contribution is -0.113. The van der Waals surface area contributed by atoms with Crippen molar-refractivity contribution < 1.29 is 13.2 Å². The molecule has 0 unspecified atom stereocenters. The molecule has 1 saturated heterocycles. The molecule has 0 saturated carbocycles. The van der Waals surface area contributed by atoms with E-state index in [1.54, 1.807) is 41.2 Å². The summed E-state index contributed by atoms with van der Waals surface area (Å²) < 4.78 is 29.0. The van der Waals surface area contributed by atoms with Gasteiger partial charge in [0.15, 0.2) is 5.16 Å². The number of amides is 1. The Morgan fingerprint density at radius 1 is 1.09 bits per heavy atom. The van der Waals surface area contributed by atoms with E-state index in [2.05, 4.69) is 15.5 Å². The summed E-state index contributed by atoms with van der Waals surface area (Å²) in [5.74, 6) is -0.189. The molecule has 2 heterocycles. The van der Waals surface area contributed by atoms with E-state index in [-0.39, 0.29) is 16.6 Å². The summed E-state index contributed by atoms with van der Waals surface area (Å²) in [5.41, 5.74) is 1.23. The molecule has 0 spiro atoms. The number of anilines is 1. The van der Waals surface area contributed by atoms with E-state index in [9.17, 15) is 13.2 Å². The average molecular weight is 492 g/mol. The fourth-order valence-electron chi connectivity index (χ4n) is 3.44. The number of halogens is 1. The molecule has 1 aliphatic rings. The predicted molar refractivity (Wildman–Crippen MR) is 125 cm³/mol. The van der Waals surface area contributed by atoms with Gasteiger partial charge in [-0.25, -0.2) is 8.42 Å². The zero-order valence-electron chi connectivity index (χ0n) is 17.1. The van der Waals surface area contributed by atoms with Crippen molar-refractivity contribution in [2.75, 3.05) is 24.2 Å². The van der Waals surface area contributed by atoms with Gasteiger partial charge < -0.3 is 5.32 Å². The SMILES string of the molecule is O=C(CSc1nncn1-c1cccc(Cl)c1)Nc1cccc(S(=O)(=O)N2CCCCC2)c1. The molecule has 4 rings (SSSR count). The van der Waals surface area contributed by atoms with Crippen LogP contribution in [-0.4, -0.2) is 52.2 Å². The zero-order valence-corrected chi connectivity index (χ0v) is 19.5. The quantitative estimate of drug-likeness (QED) is 0.504. The van der Waals surface area contributed by atoms with E-state index >= 15 is 0 Å². The number of carbonyl (C=O) groups excluding carboxylic acids is 1. The molecule has 1 fully saturated rings. The summed E-state index contributed by atoms with van der Waals surface area (Å²) in [6, 6.07) is 13.6. The number of piperidine rings is 1. The molecule has 3 aromatic rings. The van der Waals surface area contributed by atoms with Crippen LogP contribution in [0.25, 0.3) is 5.69 Å². The molecule has 2 aromatic carbocycles. The van der Waals surface area contributed by atoms with E-state index in [4.69, 9.17) is 11.6 Å². The highest BCUT2D eigenvalue weighted by molar-refractivity contribution is 7.99. The summed E-state index contributed by atoms with van der Waals surface area (Å²) in [5, 5.41) is 11.9. The molecule has 1 N–H and O–H groups in total. The Bertz CT molecular complexity index is 1210. The first kappa shape index (κ1) is 22.8. The molecular formula is C21H22ClN5O3S2. The van der Waals surface area contributed by atoms with Crippen LogP contribution >= 0.6 is 23.4 Å². The average Bonchev–Trinajstić information content (AvgIpc) is 3.27. The van der Waals surface area contributed by atoms with Crippen LogP contribution in [0.2, 0.25) is 5.02 Å². The first-order valence-electron chi connectivity index (χ1n) is 10.1. The maximum absolute atomic E-state index is 12.9. The van der Waals surface area contributed by atoms with Gasteiger partial charge in [0.2, 0.25) is 15.9 Å². The molecule has 168 valence electrons. The summed E-state index contributed by atoms with van der Waals surface area (Å²) >= 11 is 7.28. The molecule has 32 heavy (non-hydrogen) atoms. The molecule has 0 atom stereocenters. The van der Waals surface area contributed by atoms with Gasteiger partial charge in [0.25, 0.3) is 0 Å². The molecule has 1 aromatic heterocycles. The highest BCUT2D eigenvalue weighted by Crippen LogP contribution is 2.24. The van der Waals surface area contributed by atoms with Crippen LogP contribution in [0.1, 0.15) is 19.3 Å². The summed E-state index contributed by atoms with van der Waals surface area (Å²) in [6.45, 7) is 1.06. The van der Waals surface area contributed by atoms with Crippen molar-refractivity contribution >= 4 is 45.0 Å². The van der Waals surface area contributed by atoms with Crippen LogP contribution in [0.15, 0.2) is 64.9 Å². The maximum atomic E-state index is 12.9. The van der Waals surface area contributed by atoms with Gasteiger partial charge in [-0.3, -0.25) is 9.36 Å². The Hall–Kier alpha value is -2.40. The zero-order chi connectivity index (χ0) is 22.6. The van der Waals surface area contributed by atoms with Crippen LogP contribution < -0.4 is 5.32 Å². The fraction of sp³-hybridized carbons (Fsp3) is 0.286. The van der Waals surface area contributed by atoms with E-state index in [0.29, 0.717) is 29.0 Å². The van der Waals surface area contributed by atoms with Gasteiger partial charge in [0.1, 0.15) is 6.33 Å². The smallest absolute Gasteiger partial charge is 0.243 e. The molecular weight excluding hydrogens is 470 g/mol. The molecule has 11 heteroatoms. The second-order valence-corrected chi connectivity index (χ2v) is 10.6. The normalized spacial score (nSPS) is 14.9. The van der Waals surface area contributed by atoms with E-state index in [1.165, 1.54) is 22.1 Å². The number of rotatable bonds is 7. The topological polar surface area (TPSA) is 97.2 Å². The third kappa shape index (κ3) is 5.32. The standard InChI is InChI=1S/C21H22ClN5O3S2/c22-16-6-4-8-18(12-16)27-15-23-25-21(27)31-14-20(28)24-17-7-5-9-19(13-17)32(29,30)26-10-2-1-3-11-26/h4-9,12-13,15H,1-3,10-11,14H2,(H,24,28). The number of nitrogens with zero attached hydrogens (tertiary/aromatic N) is 4. The number of hydrogen-bond donors (Lipinski definition) is 1. The fourth-order valence-corrected chi connectivity index (χ4v) is 5.92. The van der Waals surface area contributed by atoms with Crippen molar-refractivity contribution in [3.05, 3.63) is 59.9 Å². The van der Waals surface area contributed by atoms with E-state index in [0.717, 1.165) is 24.9 Å². The largest absolute Gasteiger partial charge is 0.325 e. The Balaban J connectivity index is 1.40. The minimum absolute atomic E-state index is 0.0857. The van der Waals surface area contributed by atoms with Gasteiger partial charge in [-0.05, 0) is 49.2 Å². The van der Waals surface area contributed by atoms with E-state index in [1.807, 2.05) is 12.1 Å². The maximum Gasteiger partial charge on any atom is 0.243 e. The van der Waals surface area contributed by atoms with Crippen molar-refractivity contribution in [2.24, 2.45) is 0 Å². The predicted octanol–water partition coefficient (Wildman–Crippen LogP) is 3.83. The van der Waals surface area contributed by atoms with Crippen LogP contribution in [0, 0.1) is 0 Å². The van der Waals surface area contributed by atoms with Gasteiger partial charge >= 0.3 is 0 Å². The summed E-state index contributed by atoms with van der Waals surface area (Å²) in [7, 11) is -3.56. The first-order chi connectivity index (χ1) is 15.4. The van der Waals surface area contributed by atoms with Gasteiger partial charge in [-0.15, -0.1) is 10.2 Å². The lowest BCUT2D eigenvalue weighted by atomic mass is 10.2. The number of aromatic nitrogens is 3. The lowest BCUT2D eigenvalue weighted by Gasteiger charge is -2.26. The van der Waals surface area contributed by atoms with Gasteiger partial charge in [-0.1, -0.05) is 41.9 Å². The van der Waals surface area contributed by atoms with Gasteiger partial charge in [-0.2, -0.15) is 4.31 Å². The van der Waals surface area contributed by atoms with Crippen molar-refractivity contribution in [1.82, 2.24) is 19.1 Å². The second-order valence-electron chi connectivity index (χ2n) is 7.29. The number of carbonyl (C=O) groups is 1. The molecule has 8 nitrogen and oxygen atoms in total. The number of hydrogen-bond acceptors (Lipinski definition) is 6. The Kier molecular flexibility index (Phi) is 7.14. The molecule has 0 bridgehead atoms. The van der Waals surface area contributed by atoms with Crippen LogP contribution in [0.5, 0.6) is 0 Å². The summed E-state index contributed by atoms with van der Waals surface area (Å²) in [6.07, 6.45) is 4.34. The molecule has 0 radical (unpaired) electrons. The van der Waals surface area contributed by atoms with Crippen molar-refractivity contribution in [3.63, 3.8) is 0 Å². The van der Waals surface area contributed by atoms with Crippen molar-refractivity contribution in [1.29, 1.82) is 0 Å². The number of benzene rings is 2. The second kappa shape index (κ2) is 10.0. The number of thioether (sulfide) groups is 1. The third-order valence-corrected chi connectivity index (χ3v) is 8.08. The van der Waals surface area contributed by atoms with E-state index < -0.39 is 10.0 Å². The van der Waals surface area contributed by atoms with Crippen LogP contribution in [0.3, 0.4) is 0 Å². The minimum atomic E-state index is -3.56. The summed E-state index contributed by atoms with van der Waals surface area (Å²) in [4.78, 5) is 12.7. The Morgan fingerprint density at radius 3 is 2.66 bits per heavy atom. The van der Waals surface area contributed by atoms with Crippen LogP contribution in [0.4, 0.5) is 5.69 Å². The molecule has 0 aliphatic carbocycles. The number of nitrogens with one attached hydrogen (secondary N) is 1. The highest BCUT2D eigenvalue weighted by atomic mass is 35.5. The highest BCUT2D eigenvalue weighted by Gasteiger charge is 2.26. The monoisotopic (exact) mass is 491 g/mol. The van der Waals surface area contributed by atoms with Crippen molar-refractivity contribution in [3.8, 4) is 5.69 Å². The van der Waals surface area contributed by atoms with Crippen molar-refractivity contribution in [2.45, 2.75) is 29.3 Å². The number of sulfonamides is 1. The molecule has 1 aliphatic heterocycles.